The smallest absolute Gasteiger partial charge is 0.238 e. The molecule has 1 saturated heterocycles. The van der Waals surface area contributed by atoms with E-state index < -0.39 is 0 Å². The van der Waals surface area contributed by atoms with Crippen LogP contribution in [0.2, 0.25) is 0 Å². The Morgan fingerprint density at radius 1 is 1.13 bits per heavy atom. The predicted octanol–water partition coefficient (Wildman–Crippen LogP) is 3.44. The van der Waals surface area contributed by atoms with E-state index in [1.165, 1.54) is 18.5 Å². The van der Waals surface area contributed by atoms with Gasteiger partial charge in [-0.3, -0.25) is 9.69 Å². The Morgan fingerprint density at radius 3 is 2.60 bits per heavy atom. The number of hydrogen-bond donors (Lipinski definition) is 1. The Balaban J connectivity index is 1.27. The lowest BCUT2D eigenvalue weighted by molar-refractivity contribution is -0.117. The molecule has 1 atom stereocenters. The standard InChI is InChI=1S/C24H32N4O2/c1-3-27-17-21(30-23-9-5-4-8-22(23)27)16-26(2)18-24(29)25-19-10-12-20(13-11-19)28-14-6-7-15-28/h4-5,8-13,21H,3,6-7,14-18H2,1-2H3,(H,25,29)/t21-/m1/s1. The Kier molecular flexibility index (Phi) is 6.43. The van der Waals surface area contributed by atoms with Crippen molar-refractivity contribution in [2.24, 2.45) is 0 Å². The van der Waals surface area contributed by atoms with Crippen LogP contribution < -0.4 is 19.9 Å². The van der Waals surface area contributed by atoms with Crippen LogP contribution in [0.25, 0.3) is 0 Å². The van der Waals surface area contributed by atoms with E-state index in [0.29, 0.717) is 13.1 Å². The van der Waals surface area contributed by atoms with E-state index in [4.69, 9.17) is 4.74 Å². The molecule has 0 saturated carbocycles. The fraction of sp³-hybridized carbons (Fsp3) is 0.458. The summed E-state index contributed by atoms with van der Waals surface area (Å²) in [4.78, 5) is 19.3. The fourth-order valence-corrected chi connectivity index (χ4v) is 4.36. The van der Waals surface area contributed by atoms with Gasteiger partial charge in [0.25, 0.3) is 0 Å². The Hall–Kier alpha value is -2.73. The van der Waals surface area contributed by atoms with Crippen molar-refractivity contribution in [1.29, 1.82) is 0 Å². The van der Waals surface area contributed by atoms with Gasteiger partial charge in [-0.05, 0) is 63.2 Å². The van der Waals surface area contributed by atoms with Crippen LogP contribution in [0, 0.1) is 0 Å². The highest BCUT2D eigenvalue weighted by atomic mass is 16.5. The number of likely N-dealkylation sites (N-methyl/N-ethyl adjacent to an activating group) is 2. The van der Waals surface area contributed by atoms with E-state index in [0.717, 1.165) is 43.3 Å². The topological polar surface area (TPSA) is 48.0 Å². The van der Waals surface area contributed by atoms with Crippen LogP contribution in [0.3, 0.4) is 0 Å². The first-order chi connectivity index (χ1) is 14.6. The molecule has 0 aliphatic carbocycles. The molecule has 30 heavy (non-hydrogen) atoms. The van der Waals surface area contributed by atoms with Gasteiger partial charge >= 0.3 is 0 Å². The highest BCUT2D eigenvalue weighted by molar-refractivity contribution is 5.92. The quantitative estimate of drug-likeness (QED) is 0.761. The second-order valence-electron chi connectivity index (χ2n) is 8.23. The maximum atomic E-state index is 12.5. The maximum absolute atomic E-state index is 12.5. The molecule has 2 aromatic carbocycles. The van der Waals surface area contributed by atoms with Crippen LogP contribution in [0.4, 0.5) is 17.1 Å². The average molecular weight is 409 g/mol. The van der Waals surface area contributed by atoms with Gasteiger partial charge in [-0.25, -0.2) is 0 Å². The van der Waals surface area contributed by atoms with Crippen molar-refractivity contribution in [3.63, 3.8) is 0 Å². The van der Waals surface area contributed by atoms with Crippen LogP contribution in [-0.2, 0) is 4.79 Å². The molecule has 6 nitrogen and oxygen atoms in total. The summed E-state index contributed by atoms with van der Waals surface area (Å²) in [5.41, 5.74) is 3.23. The van der Waals surface area contributed by atoms with Crippen LogP contribution in [0.1, 0.15) is 19.8 Å². The summed E-state index contributed by atoms with van der Waals surface area (Å²) in [5, 5.41) is 3.01. The van der Waals surface area contributed by atoms with Crippen molar-refractivity contribution in [1.82, 2.24) is 4.90 Å². The minimum absolute atomic E-state index is 0.00465. The van der Waals surface area contributed by atoms with Gasteiger partial charge in [0.15, 0.2) is 0 Å². The summed E-state index contributed by atoms with van der Waals surface area (Å²) in [7, 11) is 1.97. The molecule has 0 bridgehead atoms. The summed E-state index contributed by atoms with van der Waals surface area (Å²) >= 11 is 0. The number of para-hydroxylation sites is 2. The summed E-state index contributed by atoms with van der Waals surface area (Å²) in [6.07, 6.45) is 2.56. The van der Waals surface area contributed by atoms with Crippen molar-refractivity contribution < 1.29 is 9.53 Å². The molecule has 160 valence electrons. The van der Waals surface area contributed by atoms with Gasteiger partial charge < -0.3 is 19.9 Å². The molecule has 2 aliphatic rings. The van der Waals surface area contributed by atoms with Crippen LogP contribution >= 0.6 is 0 Å². The number of carbonyl (C=O) groups is 1. The van der Waals surface area contributed by atoms with E-state index in [-0.39, 0.29) is 12.0 Å². The molecule has 1 N–H and O–H groups in total. The van der Waals surface area contributed by atoms with Gasteiger partial charge in [0.2, 0.25) is 5.91 Å². The highest BCUT2D eigenvalue weighted by Gasteiger charge is 2.25. The number of amides is 1. The maximum Gasteiger partial charge on any atom is 0.238 e. The van der Waals surface area contributed by atoms with Gasteiger partial charge in [-0.2, -0.15) is 0 Å². The Labute approximate surface area is 179 Å². The van der Waals surface area contributed by atoms with Gasteiger partial charge in [0.1, 0.15) is 11.9 Å². The van der Waals surface area contributed by atoms with E-state index in [9.17, 15) is 4.79 Å². The number of anilines is 3. The van der Waals surface area contributed by atoms with Gasteiger partial charge in [0, 0.05) is 37.6 Å². The Morgan fingerprint density at radius 2 is 1.87 bits per heavy atom. The number of nitrogens with zero attached hydrogens (tertiary/aromatic N) is 3. The van der Waals surface area contributed by atoms with E-state index in [2.05, 4.69) is 40.2 Å². The van der Waals surface area contributed by atoms with Crippen molar-refractivity contribution in [2.45, 2.75) is 25.9 Å². The molecule has 0 aromatic heterocycles. The number of ether oxygens (including phenoxy) is 1. The largest absolute Gasteiger partial charge is 0.485 e. The molecule has 1 fully saturated rings. The molecular weight excluding hydrogens is 376 g/mol. The van der Waals surface area contributed by atoms with Gasteiger partial charge in [0.05, 0.1) is 18.8 Å². The lowest BCUT2D eigenvalue weighted by Crippen LogP contribution is -2.46. The highest BCUT2D eigenvalue weighted by Crippen LogP contribution is 2.32. The van der Waals surface area contributed by atoms with Crippen molar-refractivity contribution in [3.05, 3.63) is 48.5 Å². The van der Waals surface area contributed by atoms with Crippen molar-refractivity contribution in [3.8, 4) is 5.75 Å². The SMILES string of the molecule is CCN1C[C@@H](CN(C)CC(=O)Nc2ccc(N3CCCC3)cc2)Oc2ccccc21. The summed E-state index contributed by atoms with van der Waals surface area (Å²) in [5.74, 6) is 0.918. The normalized spacial score (nSPS) is 18.3. The minimum Gasteiger partial charge on any atom is -0.485 e. The molecule has 1 amide bonds. The van der Waals surface area contributed by atoms with Crippen LogP contribution in [0.15, 0.2) is 48.5 Å². The van der Waals surface area contributed by atoms with Gasteiger partial charge in [-0.1, -0.05) is 12.1 Å². The number of hydrogen-bond acceptors (Lipinski definition) is 5. The average Bonchev–Trinajstić information content (AvgIpc) is 3.28. The van der Waals surface area contributed by atoms with E-state index >= 15 is 0 Å². The van der Waals surface area contributed by atoms with Crippen molar-refractivity contribution in [2.75, 3.05) is 61.4 Å². The minimum atomic E-state index is -0.00465. The third kappa shape index (κ3) is 4.87. The number of benzene rings is 2. The zero-order valence-electron chi connectivity index (χ0n) is 18.0. The van der Waals surface area contributed by atoms with E-state index in [1.807, 2.05) is 42.3 Å². The molecule has 2 aromatic rings. The predicted molar refractivity (Wildman–Crippen MR) is 123 cm³/mol. The van der Waals surface area contributed by atoms with E-state index in [1.54, 1.807) is 0 Å². The number of rotatable bonds is 7. The number of nitrogens with one attached hydrogen (secondary N) is 1. The molecule has 2 aliphatic heterocycles. The van der Waals surface area contributed by atoms with Crippen LogP contribution in [-0.4, -0.2) is 63.2 Å². The van der Waals surface area contributed by atoms with Crippen molar-refractivity contribution >= 4 is 23.0 Å². The number of carbonyl (C=O) groups excluding carboxylic acids is 1. The zero-order chi connectivity index (χ0) is 20.9. The first kappa shape index (κ1) is 20.5. The first-order valence-corrected chi connectivity index (χ1v) is 11.0. The molecule has 0 unspecified atom stereocenters. The molecule has 4 rings (SSSR count). The summed E-state index contributed by atoms with van der Waals surface area (Å²) < 4.78 is 6.18. The molecule has 2 heterocycles. The molecule has 0 radical (unpaired) electrons. The molecule has 0 spiro atoms. The molecular formula is C24H32N4O2. The van der Waals surface area contributed by atoms with Crippen LogP contribution in [0.5, 0.6) is 5.75 Å². The third-order valence-corrected chi connectivity index (χ3v) is 5.86. The monoisotopic (exact) mass is 408 g/mol. The number of fused-ring (bicyclic) bond motifs is 1. The lowest BCUT2D eigenvalue weighted by Gasteiger charge is -2.37. The summed E-state index contributed by atoms with van der Waals surface area (Å²) in [6, 6.07) is 16.3. The first-order valence-electron chi connectivity index (χ1n) is 11.0. The third-order valence-electron chi connectivity index (χ3n) is 5.86. The lowest BCUT2D eigenvalue weighted by atomic mass is 10.2. The zero-order valence-corrected chi connectivity index (χ0v) is 18.0. The second-order valence-corrected chi connectivity index (χ2v) is 8.23. The molecule has 6 heteroatoms. The fourth-order valence-electron chi connectivity index (χ4n) is 4.36. The van der Waals surface area contributed by atoms with Gasteiger partial charge in [-0.15, -0.1) is 0 Å². The summed E-state index contributed by atoms with van der Waals surface area (Å²) in [6.45, 7) is 7.21. The Bertz CT molecular complexity index is 849. The second kappa shape index (κ2) is 9.39.